The number of methoxy groups -OCH3 is 1. The van der Waals surface area contributed by atoms with Crippen molar-refractivity contribution in [2.24, 2.45) is 4.99 Å². The van der Waals surface area contributed by atoms with Crippen molar-refractivity contribution in [2.45, 2.75) is 0 Å². The van der Waals surface area contributed by atoms with Gasteiger partial charge in [0.1, 0.15) is 12.1 Å². The summed E-state index contributed by atoms with van der Waals surface area (Å²) in [5, 5.41) is 31.4. The Hall–Kier alpha value is -3.48. The number of benzene rings is 2. The molecule has 0 aromatic heterocycles. The fraction of sp³-hybridized carbons (Fsp3) is 0.111. The molecule has 0 spiro atoms. The first-order valence-corrected chi connectivity index (χ1v) is 6.86. The van der Waals surface area contributed by atoms with E-state index in [1.807, 2.05) is 36.4 Å². The Morgan fingerprint density at radius 2 is 1.38 bits per heavy atom. The molecule has 2 aromatic rings. The van der Waals surface area contributed by atoms with Gasteiger partial charge in [-0.15, -0.1) is 0 Å². The number of nitriles is 2. The number of aliphatic imine (C=N–C) groups is 1. The lowest BCUT2D eigenvalue weighted by Crippen LogP contribution is -1.99. The van der Waals surface area contributed by atoms with Gasteiger partial charge in [-0.05, 0) is 18.2 Å². The van der Waals surface area contributed by atoms with Gasteiger partial charge in [0, 0.05) is 18.2 Å². The minimum absolute atomic E-state index is 0.280. The van der Waals surface area contributed by atoms with Crippen LogP contribution < -0.4 is 0 Å². The molecular weight excluding hydrogens is 304 g/mol. The van der Waals surface area contributed by atoms with Gasteiger partial charge in [0.25, 0.3) is 0 Å². The van der Waals surface area contributed by atoms with E-state index in [9.17, 15) is 0 Å². The van der Waals surface area contributed by atoms with Crippen LogP contribution in [0, 0.1) is 28.1 Å². The maximum Gasteiger partial charge on any atom is 0.223 e. The van der Waals surface area contributed by atoms with Gasteiger partial charge < -0.3 is 9.84 Å². The van der Waals surface area contributed by atoms with Crippen LogP contribution in [-0.4, -0.2) is 31.1 Å². The van der Waals surface area contributed by atoms with Crippen molar-refractivity contribution in [2.75, 3.05) is 14.2 Å². The van der Waals surface area contributed by atoms with Gasteiger partial charge >= 0.3 is 0 Å². The van der Waals surface area contributed by atoms with Crippen molar-refractivity contribution < 1.29 is 9.84 Å². The monoisotopic (exact) mass is 320 g/mol. The average Bonchev–Trinajstić information content (AvgIpc) is 3.00. The summed E-state index contributed by atoms with van der Waals surface area (Å²) in [7, 11) is 2.56. The Bertz CT molecular complexity index is 796. The van der Waals surface area contributed by atoms with Gasteiger partial charge in [-0.25, -0.2) is 0 Å². The predicted molar refractivity (Wildman–Crippen MR) is 90.8 cm³/mol. The first kappa shape index (κ1) is 18.6. The van der Waals surface area contributed by atoms with E-state index in [1.54, 1.807) is 31.4 Å². The van der Waals surface area contributed by atoms with E-state index in [2.05, 4.69) is 4.99 Å². The first-order chi connectivity index (χ1) is 11.7. The Labute approximate surface area is 140 Å². The lowest BCUT2D eigenvalue weighted by atomic mass is 10.1. The third-order valence-electron chi connectivity index (χ3n) is 2.99. The maximum absolute atomic E-state index is 8.45. The van der Waals surface area contributed by atoms with Crippen LogP contribution in [0.15, 0.2) is 53.5 Å². The largest absolute Gasteiger partial charge is 0.480 e. The molecule has 0 saturated heterocycles. The summed E-state index contributed by atoms with van der Waals surface area (Å²) in [6.07, 6.45) is 0. The molecule has 6 heteroatoms. The first-order valence-electron chi connectivity index (χ1n) is 6.86. The van der Waals surface area contributed by atoms with Crippen molar-refractivity contribution >= 4 is 11.7 Å². The molecule has 1 aliphatic rings. The minimum atomic E-state index is 0.280. The lowest BCUT2D eigenvalue weighted by Gasteiger charge is -1.98. The number of rotatable bonds is 0. The number of amidine groups is 1. The van der Waals surface area contributed by atoms with Crippen LogP contribution in [0.2, 0.25) is 0 Å². The average molecular weight is 320 g/mol. The molecule has 0 bridgehead atoms. The van der Waals surface area contributed by atoms with Crippen LogP contribution in [0.4, 0.5) is 0 Å². The summed E-state index contributed by atoms with van der Waals surface area (Å²) in [5.74, 6) is 0.818. The SMILES string of the molecule is CO.COC1=NC(=N)c2ccccc21.N#Cc1ccccc1C#N. The Morgan fingerprint density at radius 3 is 1.83 bits per heavy atom. The van der Waals surface area contributed by atoms with E-state index in [0.717, 1.165) is 18.2 Å². The highest BCUT2D eigenvalue weighted by Crippen LogP contribution is 2.18. The second-order valence-electron chi connectivity index (χ2n) is 4.28. The highest BCUT2D eigenvalue weighted by Gasteiger charge is 2.19. The second-order valence-corrected chi connectivity index (χ2v) is 4.28. The van der Waals surface area contributed by atoms with Crippen molar-refractivity contribution in [1.29, 1.82) is 15.9 Å². The van der Waals surface area contributed by atoms with Crippen LogP contribution in [0.3, 0.4) is 0 Å². The smallest absolute Gasteiger partial charge is 0.223 e. The maximum atomic E-state index is 8.45. The van der Waals surface area contributed by atoms with E-state index < -0.39 is 0 Å². The van der Waals surface area contributed by atoms with Crippen molar-refractivity contribution in [1.82, 2.24) is 0 Å². The number of aliphatic hydroxyl groups excluding tert-OH is 1. The van der Waals surface area contributed by atoms with Crippen molar-refractivity contribution in [3.8, 4) is 12.1 Å². The molecule has 0 amide bonds. The molecule has 0 atom stereocenters. The molecule has 120 valence electrons. The molecule has 6 nitrogen and oxygen atoms in total. The van der Waals surface area contributed by atoms with E-state index >= 15 is 0 Å². The quantitative estimate of drug-likeness (QED) is 0.776. The minimum Gasteiger partial charge on any atom is -0.480 e. The number of aliphatic hydroxyl groups is 1. The number of hydrogen-bond donors (Lipinski definition) is 2. The Morgan fingerprint density at radius 1 is 0.917 bits per heavy atom. The fourth-order valence-corrected chi connectivity index (χ4v) is 1.93. The van der Waals surface area contributed by atoms with E-state index in [4.69, 9.17) is 25.8 Å². The molecule has 24 heavy (non-hydrogen) atoms. The molecule has 1 aliphatic heterocycles. The normalized spacial score (nSPS) is 10.5. The molecule has 2 N–H and O–H groups in total. The molecule has 0 aliphatic carbocycles. The van der Waals surface area contributed by atoms with E-state index in [1.165, 1.54) is 0 Å². The van der Waals surface area contributed by atoms with Gasteiger partial charge in [0.15, 0.2) is 5.84 Å². The van der Waals surface area contributed by atoms with Crippen LogP contribution in [0.25, 0.3) is 0 Å². The van der Waals surface area contributed by atoms with Gasteiger partial charge in [0.2, 0.25) is 5.90 Å². The van der Waals surface area contributed by atoms with E-state index in [0.29, 0.717) is 17.0 Å². The third kappa shape index (κ3) is 4.26. The zero-order valence-electron chi connectivity index (χ0n) is 13.3. The van der Waals surface area contributed by atoms with Crippen LogP contribution in [-0.2, 0) is 4.74 Å². The van der Waals surface area contributed by atoms with Crippen LogP contribution in [0.5, 0.6) is 0 Å². The second kappa shape index (κ2) is 9.52. The van der Waals surface area contributed by atoms with Crippen molar-refractivity contribution in [3.63, 3.8) is 0 Å². The molecule has 1 heterocycles. The molecule has 2 aromatic carbocycles. The summed E-state index contributed by atoms with van der Waals surface area (Å²) < 4.78 is 5.02. The highest BCUT2D eigenvalue weighted by molar-refractivity contribution is 6.19. The Kier molecular flexibility index (Phi) is 7.37. The molecule has 0 unspecified atom stereocenters. The van der Waals surface area contributed by atoms with Gasteiger partial charge in [-0.2, -0.15) is 15.5 Å². The summed E-state index contributed by atoms with van der Waals surface area (Å²) in [5.41, 5.74) is 2.62. The highest BCUT2D eigenvalue weighted by atomic mass is 16.5. The van der Waals surface area contributed by atoms with Crippen molar-refractivity contribution in [3.05, 3.63) is 70.8 Å². The fourth-order valence-electron chi connectivity index (χ4n) is 1.93. The summed E-state index contributed by atoms with van der Waals surface area (Å²) in [6.45, 7) is 0. The zero-order chi connectivity index (χ0) is 17.9. The molecule has 0 fully saturated rings. The molecular formula is C18H16N4O2. The van der Waals surface area contributed by atoms with Gasteiger partial charge in [-0.3, -0.25) is 5.41 Å². The zero-order valence-corrected chi connectivity index (χ0v) is 13.3. The number of hydrogen-bond acceptors (Lipinski definition) is 5. The molecule has 3 rings (SSSR count). The number of fused-ring (bicyclic) bond motifs is 1. The predicted octanol–water partition coefficient (Wildman–Crippen LogP) is 2.46. The topological polar surface area (TPSA) is 113 Å². The standard InChI is InChI=1S/C9H8N2O.C8H4N2.CH4O/c1-12-9-7-5-3-2-4-6(7)8(10)11-9;9-5-7-3-1-2-4-8(7)6-10;1-2/h2-5,10H,1H3;1-4H;2H,1H3. The van der Waals surface area contributed by atoms with Gasteiger partial charge in [-0.1, -0.05) is 30.3 Å². The summed E-state index contributed by atoms with van der Waals surface area (Å²) in [6, 6.07) is 18.1. The summed E-state index contributed by atoms with van der Waals surface area (Å²) >= 11 is 0. The van der Waals surface area contributed by atoms with Crippen LogP contribution in [0.1, 0.15) is 22.3 Å². The van der Waals surface area contributed by atoms with Crippen LogP contribution >= 0.6 is 0 Å². The van der Waals surface area contributed by atoms with Gasteiger partial charge in [0.05, 0.1) is 18.2 Å². The Balaban J connectivity index is 0.000000221. The molecule has 0 saturated carbocycles. The number of ether oxygens (including phenoxy) is 1. The summed E-state index contributed by atoms with van der Waals surface area (Å²) in [4.78, 5) is 3.95. The number of nitrogens with one attached hydrogen (secondary N) is 1. The third-order valence-corrected chi connectivity index (χ3v) is 2.99. The van der Waals surface area contributed by atoms with E-state index in [-0.39, 0.29) is 5.84 Å². The number of nitrogens with zero attached hydrogens (tertiary/aromatic N) is 3. The molecule has 0 radical (unpaired) electrons. The lowest BCUT2D eigenvalue weighted by molar-refractivity contribution is 0.399.